The highest BCUT2D eigenvalue weighted by Crippen LogP contribution is 2.15. The van der Waals surface area contributed by atoms with Gasteiger partial charge < -0.3 is 37.9 Å². The number of methoxy groups -OCH3 is 2. The summed E-state index contributed by atoms with van der Waals surface area (Å²) in [6.45, 7) is 4.40. The van der Waals surface area contributed by atoms with E-state index in [-0.39, 0.29) is 37.6 Å². The average molecular weight is 584 g/mol. The highest BCUT2D eigenvalue weighted by Gasteiger charge is 2.14. The lowest BCUT2D eigenvalue weighted by molar-refractivity contribution is 0.00553. The van der Waals surface area contributed by atoms with E-state index in [1.165, 1.54) is 6.07 Å². The Kier molecular flexibility index (Phi) is 18.0. The first-order chi connectivity index (χ1) is 16.1. The lowest BCUT2D eigenvalue weighted by Crippen LogP contribution is -2.16. The van der Waals surface area contributed by atoms with Crippen LogP contribution < -0.4 is 0 Å². The van der Waals surface area contributed by atoms with Gasteiger partial charge in [0.05, 0.1) is 77.2 Å². The SMILES string of the molecule is COCCOCCOCCOC(=O)c1cc(I)cc(C(=O)OCCOCCOCCOC)c1. The second kappa shape index (κ2) is 20.1. The lowest BCUT2D eigenvalue weighted by Gasteiger charge is -2.09. The number of esters is 2. The number of hydrogen-bond acceptors (Lipinski definition) is 10. The summed E-state index contributed by atoms with van der Waals surface area (Å²) in [4.78, 5) is 24.6. The summed E-state index contributed by atoms with van der Waals surface area (Å²) in [5.41, 5.74) is 0.530. The van der Waals surface area contributed by atoms with Crippen LogP contribution in [0.15, 0.2) is 18.2 Å². The largest absolute Gasteiger partial charge is 0.460 e. The van der Waals surface area contributed by atoms with Crippen molar-refractivity contribution in [1.29, 1.82) is 0 Å². The van der Waals surface area contributed by atoms with Crippen LogP contribution in [0.3, 0.4) is 0 Å². The van der Waals surface area contributed by atoms with Crippen molar-refractivity contribution >= 4 is 34.5 Å². The number of rotatable bonds is 20. The molecule has 0 aliphatic heterocycles. The van der Waals surface area contributed by atoms with Gasteiger partial charge in [0, 0.05) is 17.8 Å². The zero-order valence-corrected chi connectivity index (χ0v) is 21.3. The Morgan fingerprint density at radius 2 is 0.909 bits per heavy atom. The fourth-order valence-electron chi connectivity index (χ4n) is 2.31. The van der Waals surface area contributed by atoms with Gasteiger partial charge in [0.1, 0.15) is 13.2 Å². The monoisotopic (exact) mass is 584 g/mol. The second-order valence-corrected chi connectivity index (χ2v) is 7.68. The van der Waals surface area contributed by atoms with Crippen LogP contribution in [0.4, 0.5) is 0 Å². The number of ether oxygens (including phenoxy) is 8. The van der Waals surface area contributed by atoms with E-state index in [0.717, 1.165) is 0 Å². The second-order valence-electron chi connectivity index (χ2n) is 6.44. The van der Waals surface area contributed by atoms with E-state index < -0.39 is 11.9 Å². The maximum absolute atomic E-state index is 12.3. The Morgan fingerprint density at radius 3 is 1.27 bits per heavy atom. The van der Waals surface area contributed by atoms with E-state index in [2.05, 4.69) is 0 Å². The molecule has 0 radical (unpaired) electrons. The first-order valence-electron chi connectivity index (χ1n) is 10.5. The van der Waals surface area contributed by atoms with Crippen LogP contribution >= 0.6 is 22.6 Å². The molecular weight excluding hydrogens is 551 g/mol. The maximum atomic E-state index is 12.3. The topological polar surface area (TPSA) is 108 Å². The minimum absolute atomic E-state index is 0.0919. The van der Waals surface area contributed by atoms with Gasteiger partial charge in [0.2, 0.25) is 0 Å². The Hall–Kier alpha value is -1.35. The van der Waals surface area contributed by atoms with Gasteiger partial charge in [-0.3, -0.25) is 0 Å². The number of carbonyl (C=O) groups is 2. The van der Waals surface area contributed by atoms with Gasteiger partial charge in [-0.2, -0.15) is 0 Å². The van der Waals surface area contributed by atoms with E-state index in [4.69, 9.17) is 37.9 Å². The third-order valence-electron chi connectivity index (χ3n) is 3.90. The normalized spacial score (nSPS) is 10.9. The van der Waals surface area contributed by atoms with Crippen LogP contribution in [0.2, 0.25) is 0 Å². The predicted molar refractivity (Wildman–Crippen MR) is 127 cm³/mol. The fraction of sp³-hybridized carbons (Fsp3) is 0.636. The van der Waals surface area contributed by atoms with E-state index >= 15 is 0 Å². The molecule has 1 aromatic rings. The third kappa shape index (κ3) is 15.2. The van der Waals surface area contributed by atoms with Gasteiger partial charge in [0.15, 0.2) is 0 Å². The summed E-state index contributed by atoms with van der Waals surface area (Å²) in [6.07, 6.45) is 0. The smallest absolute Gasteiger partial charge is 0.338 e. The summed E-state index contributed by atoms with van der Waals surface area (Å²) in [7, 11) is 3.21. The van der Waals surface area contributed by atoms with Crippen LogP contribution in [0.5, 0.6) is 0 Å². The molecule has 0 bridgehead atoms. The number of benzene rings is 1. The molecule has 0 amide bonds. The Bertz CT molecular complexity index is 618. The molecule has 0 aliphatic carbocycles. The Morgan fingerprint density at radius 1 is 0.576 bits per heavy atom. The first-order valence-corrected chi connectivity index (χ1v) is 11.6. The molecule has 0 heterocycles. The van der Waals surface area contributed by atoms with Gasteiger partial charge >= 0.3 is 11.9 Å². The molecule has 0 unspecified atom stereocenters. The summed E-state index contributed by atoms with van der Waals surface area (Å²) in [5, 5.41) is 0. The third-order valence-corrected chi connectivity index (χ3v) is 4.52. The van der Waals surface area contributed by atoms with Crippen molar-refractivity contribution in [2.24, 2.45) is 0 Å². The van der Waals surface area contributed by atoms with E-state index in [9.17, 15) is 9.59 Å². The summed E-state index contributed by atoms with van der Waals surface area (Å²) in [6, 6.07) is 4.72. The molecule has 1 rings (SSSR count). The zero-order valence-electron chi connectivity index (χ0n) is 19.2. The maximum Gasteiger partial charge on any atom is 0.338 e. The standard InChI is InChI=1S/C22H33IO10/c1-26-3-5-28-7-9-30-11-13-32-21(24)18-15-19(17-20(23)16-18)22(25)33-14-12-31-10-8-29-6-4-27-2/h15-17H,3-14H2,1-2H3. The Labute approximate surface area is 208 Å². The van der Waals surface area contributed by atoms with Crippen molar-refractivity contribution in [2.75, 3.05) is 93.5 Å². The number of hydrogen-bond donors (Lipinski definition) is 0. The molecule has 1 aromatic carbocycles. The average Bonchev–Trinajstić information content (AvgIpc) is 2.81. The molecule has 188 valence electrons. The minimum Gasteiger partial charge on any atom is -0.460 e. The first kappa shape index (κ1) is 29.7. The summed E-state index contributed by atoms with van der Waals surface area (Å²) in [5.74, 6) is -1.08. The zero-order chi connectivity index (χ0) is 24.2. The van der Waals surface area contributed by atoms with Crippen molar-refractivity contribution in [2.45, 2.75) is 0 Å². The molecule has 0 N–H and O–H groups in total. The van der Waals surface area contributed by atoms with Crippen LogP contribution in [-0.2, 0) is 37.9 Å². The molecule has 11 heteroatoms. The molecule has 0 saturated heterocycles. The fourth-order valence-corrected chi connectivity index (χ4v) is 2.98. The minimum atomic E-state index is -0.542. The van der Waals surface area contributed by atoms with Gasteiger partial charge in [-0.15, -0.1) is 0 Å². The molecule has 0 atom stereocenters. The van der Waals surface area contributed by atoms with E-state index in [1.54, 1.807) is 26.4 Å². The quantitative estimate of drug-likeness (QED) is 0.128. The lowest BCUT2D eigenvalue weighted by atomic mass is 10.1. The van der Waals surface area contributed by atoms with Crippen molar-refractivity contribution in [3.63, 3.8) is 0 Å². The van der Waals surface area contributed by atoms with Crippen LogP contribution in [0.25, 0.3) is 0 Å². The molecule has 10 nitrogen and oxygen atoms in total. The molecule has 0 fully saturated rings. The molecule has 0 aromatic heterocycles. The molecule has 0 aliphatic rings. The van der Waals surface area contributed by atoms with Crippen molar-refractivity contribution in [3.8, 4) is 0 Å². The van der Waals surface area contributed by atoms with Gasteiger partial charge in [-0.05, 0) is 40.8 Å². The van der Waals surface area contributed by atoms with Gasteiger partial charge in [-0.1, -0.05) is 0 Å². The Balaban J connectivity index is 2.27. The van der Waals surface area contributed by atoms with Crippen molar-refractivity contribution in [1.82, 2.24) is 0 Å². The summed E-state index contributed by atoms with van der Waals surface area (Å²) >= 11 is 2.03. The number of carbonyl (C=O) groups excluding carboxylic acids is 2. The van der Waals surface area contributed by atoms with Gasteiger partial charge in [-0.25, -0.2) is 9.59 Å². The molecule has 33 heavy (non-hydrogen) atoms. The van der Waals surface area contributed by atoms with E-state index in [1.807, 2.05) is 22.6 Å². The van der Waals surface area contributed by atoms with Crippen LogP contribution in [0, 0.1) is 3.57 Å². The molecule has 0 spiro atoms. The van der Waals surface area contributed by atoms with Crippen LogP contribution in [-0.4, -0.2) is 105 Å². The van der Waals surface area contributed by atoms with E-state index in [0.29, 0.717) is 56.4 Å². The highest BCUT2D eigenvalue weighted by atomic mass is 127. The molecular formula is C22H33IO10. The number of halogens is 1. The van der Waals surface area contributed by atoms with Crippen molar-refractivity contribution in [3.05, 3.63) is 32.9 Å². The summed E-state index contributed by atoms with van der Waals surface area (Å²) < 4.78 is 42.1. The van der Waals surface area contributed by atoms with Gasteiger partial charge in [0.25, 0.3) is 0 Å². The van der Waals surface area contributed by atoms with Crippen molar-refractivity contribution < 1.29 is 47.5 Å². The molecule has 0 saturated carbocycles. The van der Waals surface area contributed by atoms with Crippen LogP contribution in [0.1, 0.15) is 20.7 Å². The predicted octanol–water partition coefficient (Wildman–Crippen LogP) is 1.96. The highest BCUT2D eigenvalue weighted by molar-refractivity contribution is 14.1.